The lowest BCUT2D eigenvalue weighted by Gasteiger charge is -2.29. The molecule has 1 fully saturated rings. The molecular weight excluding hydrogens is 287 g/mol. The van der Waals surface area contributed by atoms with Gasteiger partial charge < -0.3 is 5.11 Å². The summed E-state index contributed by atoms with van der Waals surface area (Å²) < 4.78 is 14.6. The number of halogens is 2. The summed E-state index contributed by atoms with van der Waals surface area (Å²) in [7, 11) is 0. The number of aliphatic carboxylic acids is 1. The fraction of sp³-hybridized carbons (Fsp3) is 0.462. The number of hydrogen-bond donors (Lipinski definition) is 1. The normalized spacial score (nSPS) is 24.6. The molecule has 0 bridgehead atoms. The van der Waals surface area contributed by atoms with Gasteiger partial charge in [-0.05, 0) is 36.6 Å². The number of carbonyl (C=O) groups is 1. The summed E-state index contributed by atoms with van der Waals surface area (Å²) in [5, 5.41) is 9.20. The van der Waals surface area contributed by atoms with Gasteiger partial charge in [-0.15, -0.1) is 0 Å². The van der Waals surface area contributed by atoms with E-state index in [1.165, 1.54) is 6.07 Å². The molecule has 0 amide bonds. The smallest absolute Gasteiger partial charge is 0.307 e. The minimum absolute atomic E-state index is 0.196. The average molecular weight is 301 g/mol. The molecule has 92 valence electrons. The highest BCUT2D eigenvalue weighted by atomic mass is 79.9. The summed E-state index contributed by atoms with van der Waals surface area (Å²) in [5.74, 6) is -1.76. The summed E-state index contributed by atoms with van der Waals surface area (Å²) in [6, 6.07) is 4.74. The maximum atomic E-state index is 13.8. The maximum Gasteiger partial charge on any atom is 0.307 e. The van der Waals surface area contributed by atoms with Gasteiger partial charge in [0.2, 0.25) is 0 Å². The van der Waals surface area contributed by atoms with E-state index in [1.54, 1.807) is 12.1 Å². The highest BCUT2D eigenvalue weighted by Gasteiger charge is 2.33. The molecule has 4 heteroatoms. The van der Waals surface area contributed by atoms with E-state index in [2.05, 4.69) is 15.9 Å². The zero-order valence-corrected chi connectivity index (χ0v) is 10.9. The van der Waals surface area contributed by atoms with Crippen molar-refractivity contribution in [1.82, 2.24) is 0 Å². The standard InChI is InChI=1S/C13H14BrFO2/c14-8-5-6-12(15)11(7-8)9-3-1-2-4-10(9)13(16)17/h5-7,9-10H,1-4H2,(H,16,17). The van der Waals surface area contributed by atoms with E-state index in [-0.39, 0.29) is 11.7 Å². The number of rotatable bonds is 2. The van der Waals surface area contributed by atoms with Crippen LogP contribution in [0, 0.1) is 11.7 Å². The van der Waals surface area contributed by atoms with E-state index in [4.69, 9.17) is 0 Å². The molecule has 1 aromatic carbocycles. The minimum atomic E-state index is -0.811. The fourth-order valence-electron chi connectivity index (χ4n) is 2.60. The largest absolute Gasteiger partial charge is 0.481 e. The van der Waals surface area contributed by atoms with Crippen LogP contribution in [0.5, 0.6) is 0 Å². The Balaban J connectivity index is 2.35. The highest BCUT2D eigenvalue weighted by Crippen LogP contribution is 2.39. The van der Waals surface area contributed by atoms with E-state index in [9.17, 15) is 14.3 Å². The molecule has 0 aliphatic heterocycles. The molecule has 2 unspecified atom stereocenters. The third-order valence-corrected chi connectivity index (χ3v) is 3.93. The van der Waals surface area contributed by atoms with Crippen molar-refractivity contribution in [3.05, 3.63) is 34.1 Å². The van der Waals surface area contributed by atoms with Crippen molar-refractivity contribution in [2.45, 2.75) is 31.6 Å². The van der Waals surface area contributed by atoms with Crippen LogP contribution in [0.1, 0.15) is 37.2 Å². The zero-order chi connectivity index (χ0) is 12.4. The van der Waals surface area contributed by atoms with E-state index in [0.29, 0.717) is 12.0 Å². The van der Waals surface area contributed by atoms with Gasteiger partial charge in [-0.3, -0.25) is 4.79 Å². The van der Waals surface area contributed by atoms with E-state index in [1.807, 2.05) is 0 Å². The first-order chi connectivity index (χ1) is 8.09. The van der Waals surface area contributed by atoms with Crippen LogP contribution < -0.4 is 0 Å². The zero-order valence-electron chi connectivity index (χ0n) is 9.33. The Morgan fingerprint density at radius 2 is 2.06 bits per heavy atom. The van der Waals surface area contributed by atoms with Crippen molar-refractivity contribution in [3.63, 3.8) is 0 Å². The number of carboxylic acid groups (broad SMARTS) is 1. The van der Waals surface area contributed by atoms with Crippen molar-refractivity contribution < 1.29 is 14.3 Å². The topological polar surface area (TPSA) is 37.3 Å². The van der Waals surface area contributed by atoms with Crippen LogP contribution in [0.3, 0.4) is 0 Å². The van der Waals surface area contributed by atoms with E-state index >= 15 is 0 Å². The Bertz CT molecular complexity index is 433. The molecule has 0 spiro atoms. The Labute approximate surface area is 108 Å². The van der Waals surface area contributed by atoms with Crippen LogP contribution in [0.4, 0.5) is 4.39 Å². The Morgan fingerprint density at radius 1 is 1.35 bits per heavy atom. The summed E-state index contributed by atoms with van der Waals surface area (Å²) in [6.45, 7) is 0. The maximum absolute atomic E-state index is 13.8. The summed E-state index contributed by atoms with van der Waals surface area (Å²) in [5.41, 5.74) is 0.534. The average Bonchev–Trinajstić information content (AvgIpc) is 2.32. The first kappa shape index (κ1) is 12.6. The molecular formula is C13H14BrFO2. The molecule has 1 N–H and O–H groups in total. The van der Waals surface area contributed by atoms with Crippen molar-refractivity contribution in [2.24, 2.45) is 5.92 Å². The van der Waals surface area contributed by atoms with Crippen LogP contribution in [-0.2, 0) is 4.79 Å². The van der Waals surface area contributed by atoms with Gasteiger partial charge in [0.1, 0.15) is 5.82 Å². The fourth-order valence-corrected chi connectivity index (χ4v) is 2.98. The molecule has 0 radical (unpaired) electrons. The highest BCUT2D eigenvalue weighted by molar-refractivity contribution is 9.10. The van der Waals surface area contributed by atoms with Gasteiger partial charge in [0.25, 0.3) is 0 Å². The monoisotopic (exact) mass is 300 g/mol. The van der Waals surface area contributed by atoms with Crippen molar-refractivity contribution in [1.29, 1.82) is 0 Å². The first-order valence-corrected chi connectivity index (χ1v) is 6.56. The third kappa shape index (κ3) is 2.68. The van der Waals surface area contributed by atoms with Gasteiger partial charge in [-0.1, -0.05) is 28.8 Å². The van der Waals surface area contributed by atoms with E-state index in [0.717, 1.165) is 23.7 Å². The molecule has 1 aromatic rings. The van der Waals surface area contributed by atoms with Crippen molar-refractivity contribution in [3.8, 4) is 0 Å². The Hall–Kier alpha value is -0.900. The lowest BCUT2D eigenvalue weighted by Crippen LogP contribution is -2.26. The van der Waals surface area contributed by atoms with Crippen LogP contribution in [0.2, 0.25) is 0 Å². The summed E-state index contributed by atoms with van der Waals surface area (Å²) in [6.07, 6.45) is 3.29. The van der Waals surface area contributed by atoms with Gasteiger partial charge in [0.05, 0.1) is 5.92 Å². The molecule has 17 heavy (non-hydrogen) atoms. The first-order valence-electron chi connectivity index (χ1n) is 5.77. The van der Waals surface area contributed by atoms with Gasteiger partial charge >= 0.3 is 5.97 Å². The Kier molecular flexibility index (Phi) is 3.82. The van der Waals surface area contributed by atoms with Crippen LogP contribution >= 0.6 is 15.9 Å². The third-order valence-electron chi connectivity index (χ3n) is 3.44. The van der Waals surface area contributed by atoms with E-state index < -0.39 is 11.9 Å². The van der Waals surface area contributed by atoms with Gasteiger partial charge in [-0.25, -0.2) is 4.39 Å². The summed E-state index contributed by atoms with van der Waals surface area (Å²) in [4.78, 5) is 11.2. The molecule has 1 saturated carbocycles. The summed E-state index contributed by atoms with van der Waals surface area (Å²) >= 11 is 3.31. The second kappa shape index (κ2) is 5.17. The van der Waals surface area contributed by atoms with Crippen LogP contribution in [0.25, 0.3) is 0 Å². The number of carboxylic acids is 1. The SMILES string of the molecule is O=C(O)C1CCCCC1c1cc(Br)ccc1F. The second-order valence-electron chi connectivity index (χ2n) is 4.50. The van der Waals surface area contributed by atoms with Gasteiger partial charge in [0.15, 0.2) is 0 Å². The van der Waals surface area contributed by atoms with Gasteiger partial charge in [-0.2, -0.15) is 0 Å². The molecule has 0 saturated heterocycles. The predicted molar refractivity (Wildman–Crippen MR) is 66.4 cm³/mol. The number of hydrogen-bond acceptors (Lipinski definition) is 1. The molecule has 0 heterocycles. The molecule has 2 nitrogen and oxygen atoms in total. The Morgan fingerprint density at radius 3 is 2.76 bits per heavy atom. The lowest BCUT2D eigenvalue weighted by molar-refractivity contribution is -0.143. The van der Waals surface area contributed by atoms with Crippen molar-refractivity contribution in [2.75, 3.05) is 0 Å². The van der Waals surface area contributed by atoms with Crippen LogP contribution in [0.15, 0.2) is 22.7 Å². The van der Waals surface area contributed by atoms with Crippen molar-refractivity contribution >= 4 is 21.9 Å². The predicted octanol–water partition coefficient (Wildman–Crippen LogP) is 3.95. The number of benzene rings is 1. The minimum Gasteiger partial charge on any atom is -0.481 e. The van der Waals surface area contributed by atoms with Crippen LogP contribution in [-0.4, -0.2) is 11.1 Å². The molecule has 2 atom stereocenters. The second-order valence-corrected chi connectivity index (χ2v) is 5.42. The molecule has 2 rings (SSSR count). The lowest BCUT2D eigenvalue weighted by atomic mass is 9.75. The molecule has 1 aliphatic rings. The quantitative estimate of drug-likeness (QED) is 0.898. The molecule has 1 aliphatic carbocycles. The molecule has 0 aromatic heterocycles. The van der Waals surface area contributed by atoms with Gasteiger partial charge in [0, 0.05) is 10.4 Å².